The number of carbonyl (C=O) groups is 1. The Labute approximate surface area is 113 Å². The van der Waals surface area contributed by atoms with Crippen LogP contribution in [0, 0.1) is 11.6 Å². The average Bonchev–Trinajstić information content (AvgIpc) is 2.29. The molecule has 5 heteroatoms. The van der Waals surface area contributed by atoms with Crippen molar-refractivity contribution in [3.63, 3.8) is 0 Å². The van der Waals surface area contributed by atoms with E-state index in [1.54, 1.807) is 0 Å². The van der Waals surface area contributed by atoms with Crippen molar-refractivity contribution in [2.24, 2.45) is 0 Å². The number of nitrogens with one attached hydrogen (secondary N) is 1. The molecule has 1 fully saturated rings. The molecule has 0 aromatic heterocycles. The fraction of sp³-hybridized carbons (Fsp3) is 0.462. The molecule has 1 amide bonds. The Bertz CT molecular complexity index is 435. The van der Waals surface area contributed by atoms with Crippen molar-refractivity contribution >= 4 is 21.8 Å². The number of hydrogen-bond donors (Lipinski definition) is 1. The molecule has 1 saturated carbocycles. The monoisotopic (exact) mass is 317 g/mol. The minimum atomic E-state index is -0.674. The quantitative estimate of drug-likeness (QED) is 0.850. The van der Waals surface area contributed by atoms with E-state index in [1.165, 1.54) is 6.07 Å². The number of carbonyl (C=O) groups excluding carboxylic acids is 1. The predicted octanol–water partition coefficient (Wildman–Crippen LogP) is 2.94. The lowest BCUT2D eigenvalue weighted by Gasteiger charge is -2.41. The third-order valence-corrected chi connectivity index (χ3v) is 4.44. The minimum Gasteiger partial charge on any atom is -0.350 e. The van der Waals surface area contributed by atoms with Gasteiger partial charge in [0.15, 0.2) is 0 Å². The summed E-state index contributed by atoms with van der Waals surface area (Å²) in [5, 5.41) is 3.54. The Morgan fingerprint density at radius 2 is 1.94 bits per heavy atom. The number of amides is 1. The molecule has 2 rings (SSSR count). The standard InChI is InChI=1S/C13H14BrF2NO/c14-8-13(5-2-6-13)17-12(18)7-9-10(15)3-1-4-11(9)16/h1,3-4H,2,5-8H2,(H,17,18). The molecule has 0 aliphatic heterocycles. The predicted molar refractivity (Wildman–Crippen MR) is 68.6 cm³/mol. The zero-order valence-corrected chi connectivity index (χ0v) is 11.4. The Morgan fingerprint density at radius 1 is 1.33 bits per heavy atom. The molecule has 1 N–H and O–H groups in total. The van der Waals surface area contributed by atoms with E-state index >= 15 is 0 Å². The molecule has 0 bridgehead atoms. The Morgan fingerprint density at radius 3 is 2.39 bits per heavy atom. The summed E-state index contributed by atoms with van der Waals surface area (Å²) in [6.07, 6.45) is 2.63. The van der Waals surface area contributed by atoms with Crippen LogP contribution in [0.3, 0.4) is 0 Å². The van der Waals surface area contributed by atoms with Crippen LogP contribution in [0.15, 0.2) is 18.2 Å². The first-order chi connectivity index (χ1) is 8.56. The van der Waals surface area contributed by atoms with Crippen molar-refractivity contribution in [2.45, 2.75) is 31.2 Å². The molecule has 1 aromatic rings. The first kappa shape index (κ1) is 13.5. The van der Waals surface area contributed by atoms with Gasteiger partial charge in [0.1, 0.15) is 11.6 Å². The van der Waals surface area contributed by atoms with Crippen LogP contribution in [0.4, 0.5) is 8.78 Å². The van der Waals surface area contributed by atoms with Crippen molar-refractivity contribution in [3.05, 3.63) is 35.4 Å². The molecule has 18 heavy (non-hydrogen) atoms. The maximum absolute atomic E-state index is 13.4. The topological polar surface area (TPSA) is 29.1 Å². The van der Waals surface area contributed by atoms with Crippen LogP contribution in [-0.4, -0.2) is 16.8 Å². The van der Waals surface area contributed by atoms with E-state index in [9.17, 15) is 13.6 Å². The van der Waals surface area contributed by atoms with E-state index in [1.807, 2.05) is 0 Å². The summed E-state index contributed by atoms with van der Waals surface area (Å²) in [5.41, 5.74) is -0.391. The first-order valence-corrected chi connectivity index (χ1v) is 6.98. The number of halogens is 3. The van der Waals surface area contributed by atoms with Gasteiger partial charge in [-0.05, 0) is 31.4 Å². The highest BCUT2D eigenvalue weighted by Crippen LogP contribution is 2.33. The fourth-order valence-electron chi connectivity index (χ4n) is 2.10. The Kier molecular flexibility index (Phi) is 4.00. The van der Waals surface area contributed by atoms with Crippen LogP contribution in [0.2, 0.25) is 0 Å². The molecule has 1 aromatic carbocycles. The highest BCUT2D eigenvalue weighted by atomic mass is 79.9. The molecular weight excluding hydrogens is 304 g/mol. The van der Waals surface area contributed by atoms with Crippen LogP contribution < -0.4 is 5.32 Å². The molecule has 0 radical (unpaired) electrons. The van der Waals surface area contributed by atoms with E-state index in [0.29, 0.717) is 5.33 Å². The number of alkyl halides is 1. The van der Waals surface area contributed by atoms with Gasteiger partial charge in [0.2, 0.25) is 5.91 Å². The molecule has 0 unspecified atom stereocenters. The van der Waals surface area contributed by atoms with E-state index < -0.39 is 11.6 Å². The molecule has 0 spiro atoms. The Hall–Kier alpha value is -0.970. The Balaban J connectivity index is 2.03. The van der Waals surface area contributed by atoms with Crippen molar-refractivity contribution in [2.75, 3.05) is 5.33 Å². The van der Waals surface area contributed by atoms with Crippen LogP contribution in [0.1, 0.15) is 24.8 Å². The summed E-state index contributed by atoms with van der Waals surface area (Å²) in [6.45, 7) is 0. The summed E-state index contributed by atoms with van der Waals surface area (Å²) in [5.74, 6) is -1.68. The van der Waals surface area contributed by atoms with Crippen LogP contribution in [0.25, 0.3) is 0 Å². The van der Waals surface area contributed by atoms with Gasteiger partial charge >= 0.3 is 0 Å². The first-order valence-electron chi connectivity index (χ1n) is 5.86. The maximum atomic E-state index is 13.4. The smallest absolute Gasteiger partial charge is 0.225 e. The second kappa shape index (κ2) is 5.34. The summed E-state index contributed by atoms with van der Waals surface area (Å²) in [7, 11) is 0. The van der Waals surface area contributed by atoms with Crippen LogP contribution in [-0.2, 0) is 11.2 Å². The third kappa shape index (κ3) is 2.71. The van der Waals surface area contributed by atoms with Crippen LogP contribution in [0.5, 0.6) is 0 Å². The largest absolute Gasteiger partial charge is 0.350 e. The van der Waals surface area contributed by atoms with Gasteiger partial charge in [-0.3, -0.25) is 4.79 Å². The van der Waals surface area contributed by atoms with Crippen molar-refractivity contribution in [1.29, 1.82) is 0 Å². The maximum Gasteiger partial charge on any atom is 0.225 e. The minimum absolute atomic E-state index is 0.168. The summed E-state index contributed by atoms with van der Waals surface area (Å²) < 4.78 is 26.8. The van der Waals surface area contributed by atoms with E-state index in [2.05, 4.69) is 21.2 Å². The normalized spacial score (nSPS) is 17.1. The molecule has 2 nitrogen and oxygen atoms in total. The molecule has 0 heterocycles. The van der Waals surface area contributed by atoms with Gasteiger partial charge in [-0.2, -0.15) is 0 Å². The zero-order chi connectivity index (χ0) is 13.2. The van der Waals surface area contributed by atoms with Gasteiger partial charge in [-0.15, -0.1) is 0 Å². The summed E-state index contributed by atoms with van der Waals surface area (Å²) in [4.78, 5) is 11.8. The molecular formula is C13H14BrF2NO. The van der Waals surface area contributed by atoms with Gasteiger partial charge in [0.05, 0.1) is 6.42 Å². The number of hydrogen-bond acceptors (Lipinski definition) is 1. The second-order valence-corrected chi connectivity index (χ2v) is 5.25. The lowest BCUT2D eigenvalue weighted by molar-refractivity contribution is -0.123. The molecule has 98 valence electrons. The third-order valence-electron chi connectivity index (χ3n) is 3.37. The summed E-state index contributed by atoms with van der Waals surface area (Å²) >= 11 is 3.36. The van der Waals surface area contributed by atoms with Gasteiger partial charge in [0, 0.05) is 16.4 Å². The summed E-state index contributed by atoms with van der Waals surface area (Å²) in [6, 6.07) is 3.61. The SMILES string of the molecule is O=C(Cc1c(F)cccc1F)NC1(CBr)CCC1. The molecule has 1 aliphatic rings. The number of benzene rings is 1. The average molecular weight is 318 g/mol. The zero-order valence-electron chi connectivity index (χ0n) is 9.81. The van der Waals surface area contributed by atoms with Crippen molar-refractivity contribution in [3.8, 4) is 0 Å². The highest BCUT2D eigenvalue weighted by molar-refractivity contribution is 9.09. The van der Waals surface area contributed by atoms with E-state index in [-0.39, 0.29) is 23.4 Å². The molecule has 1 aliphatic carbocycles. The van der Waals surface area contributed by atoms with E-state index in [4.69, 9.17) is 0 Å². The van der Waals surface area contributed by atoms with Gasteiger partial charge in [-0.1, -0.05) is 22.0 Å². The van der Waals surface area contributed by atoms with Gasteiger partial charge in [0.25, 0.3) is 0 Å². The van der Waals surface area contributed by atoms with Crippen molar-refractivity contribution < 1.29 is 13.6 Å². The number of rotatable bonds is 4. The highest BCUT2D eigenvalue weighted by Gasteiger charge is 2.37. The molecule has 0 atom stereocenters. The fourth-order valence-corrected chi connectivity index (χ4v) is 2.80. The van der Waals surface area contributed by atoms with Gasteiger partial charge < -0.3 is 5.32 Å². The van der Waals surface area contributed by atoms with Crippen LogP contribution >= 0.6 is 15.9 Å². The molecule has 0 saturated heterocycles. The lowest BCUT2D eigenvalue weighted by Crippen LogP contribution is -2.55. The van der Waals surface area contributed by atoms with Gasteiger partial charge in [-0.25, -0.2) is 8.78 Å². The lowest BCUT2D eigenvalue weighted by atomic mass is 9.78. The second-order valence-electron chi connectivity index (χ2n) is 4.69. The van der Waals surface area contributed by atoms with E-state index in [0.717, 1.165) is 31.4 Å². The van der Waals surface area contributed by atoms with Crippen molar-refractivity contribution in [1.82, 2.24) is 5.32 Å².